The number of hydrogen-bond acceptors (Lipinski definition) is 3. The smallest absolute Gasteiger partial charge is 0.171 e. The number of para-hydroxylation sites is 1. The second-order valence-corrected chi connectivity index (χ2v) is 6.61. The first-order chi connectivity index (χ1) is 12.0. The molecule has 0 radical (unpaired) electrons. The number of nitrogens with one attached hydrogen (secondary N) is 2. The maximum Gasteiger partial charge on any atom is 0.171 e. The van der Waals surface area contributed by atoms with Crippen molar-refractivity contribution < 1.29 is 13.9 Å². The minimum Gasteiger partial charge on any atom is -0.486 e. The normalized spacial score (nSPS) is 14.1. The van der Waals surface area contributed by atoms with Gasteiger partial charge in [-0.15, -0.1) is 0 Å². The highest BCUT2D eigenvalue weighted by atomic mass is 32.1. The Morgan fingerprint density at radius 3 is 2.52 bits per heavy atom. The van der Waals surface area contributed by atoms with Crippen LogP contribution in [-0.2, 0) is 0 Å². The molecule has 0 aliphatic carbocycles. The van der Waals surface area contributed by atoms with Gasteiger partial charge in [0.15, 0.2) is 16.6 Å². The molecule has 0 saturated carbocycles. The molecule has 0 unspecified atom stereocenters. The van der Waals surface area contributed by atoms with Crippen molar-refractivity contribution in [3.63, 3.8) is 0 Å². The van der Waals surface area contributed by atoms with Gasteiger partial charge in [0, 0.05) is 0 Å². The molecule has 4 nitrogen and oxygen atoms in total. The summed E-state index contributed by atoms with van der Waals surface area (Å²) in [5.41, 5.74) is 1.39. The number of ether oxygens (including phenoxy) is 2. The van der Waals surface area contributed by atoms with E-state index in [1.54, 1.807) is 18.2 Å². The highest BCUT2D eigenvalue weighted by molar-refractivity contribution is 7.80. The molecule has 0 saturated heterocycles. The number of halogens is 1. The van der Waals surface area contributed by atoms with Crippen molar-refractivity contribution in [3.05, 3.63) is 53.8 Å². The fourth-order valence-electron chi connectivity index (χ4n) is 2.75. The van der Waals surface area contributed by atoms with E-state index in [-0.39, 0.29) is 17.8 Å². The molecule has 1 atom stereocenters. The molecule has 1 aliphatic heterocycles. The van der Waals surface area contributed by atoms with E-state index in [1.165, 1.54) is 6.07 Å². The topological polar surface area (TPSA) is 42.5 Å². The summed E-state index contributed by atoms with van der Waals surface area (Å²) in [7, 11) is 0. The number of thiocarbonyl (C=S) groups is 1. The van der Waals surface area contributed by atoms with Crippen LogP contribution < -0.4 is 20.1 Å². The van der Waals surface area contributed by atoms with Gasteiger partial charge in [-0.2, -0.15) is 0 Å². The average Bonchev–Trinajstić information content (AvgIpc) is 2.61. The van der Waals surface area contributed by atoms with Gasteiger partial charge in [0.1, 0.15) is 19.0 Å². The Kier molecular flexibility index (Phi) is 5.38. The third-order valence-corrected chi connectivity index (χ3v) is 4.22. The van der Waals surface area contributed by atoms with Crippen LogP contribution >= 0.6 is 12.2 Å². The summed E-state index contributed by atoms with van der Waals surface area (Å²) in [6, 6.07) is 12.3. The predicted octanol–water partition coefficient (Wildman–Crippen LogP) is 4.28. The highest BCUT2D eigenvalue weighted by Crippen LogP contribution is 2.34. The van der Waals surface area contributed by atoms with Crippen molar-refractivity contribution in [1.82, 2.24) is 5.32 Å². The third-order valence-electron chi connectivity index (χ3n) is 4.00. The molecular weight excluding hydrogens is 339 g/mol. The van der Waals surface area contributed by atoms with Crippen molar-refractivity contribution in [3.8, 4) is 11.5 Å². The molecule has 0 aromatic heterocycles. The van der Waals surface area contributed by atoms with Crippen LogP contribution in [0.2, 0.25) is 0 Å². The van der Waals surface area contributed by atoms with Crippen LogP contribution in [0.1, 0.15) is 25.5 Å². The van der Waals surface area contributed by atoms with E-state index in [0.717, 1.165) is 17.1 Å². The van der Waals surface area contributed by atoms with Gasteiger partial charge in [0.25, 0.3) is 0 Å². The van der Waals surface area contributed by atoms with Crippen molar-refractivity contribution in [1.29, 1.82) is 0 Å². The number of anilines is 1. The van der Waals surface area contributed by atoms with Crippen LogP contribution in [0.5, 0.6) is 11.5 Å². The number of rotatable bonds is 4. The lowest BCUT2D eigenvalue weighted by molar-refractivity contribution is 0.171. The molecule has 1 heterocycles. The maximum atomic E-state index is 13.8. The van der Waals surface area contributed by atoms with Crippen molar-refractivity contribution in [2.45, 2.75) is 19.9 Å². The van der Waals surface area contributed by atoms with Gasteiger partial charge in [-0.1, -0.05) is 32.0 Å². The Bertz CT molecular complexity index is 767. The summed E-state index contributed by atoms with van der Waals surface area (Å²) in [6.07, 6.45) is 0. The predicted molar refractivity (Wildman–Crippen MR) is 101 cm³/mol. The molecule has 0 fully saturated rings. The van der Waals surface area contributed by atoms with E-state index in [0.29, 0.717) is 24.0 Å². The summed E-state index contributed by atoms with van der Waals surface area (Å²) in [6.45, 7) is 5.30. The molecule has 0 spiro atoms. The van der Waals surface area contributed by atoms with Crippen molar-refractivity contribution in [2.75, 3.05) is 18.5 Å². The Balaban J connectivity index is 1.75. The van der Waals surface area contributed by atoms with E-state index < -0.39 is 0 Å². The van der Waals surface area contributed by atoms with E-state index in [4.69, 9.17) is 21.7 Å². The van der Waals surface area contributed by atoms with Crippen LogP contribution in [0.4, 0.5) is 10.1 Å². The Labute approximate surface area is 152 Å². The third kappa shape index (κ3) is 4.20. The van der Waals surface area contributed by atoms with Gasteiger partial charge in [-0.05, 0) is 48.0 Å². The van der Waals surface area contributed by atoms with Gasteiger partial charge < -0.3 is 20.1 Å². The Morgan fingerprint density at radius 2 is 1.80 bits per heavy atom. The van der Waals surface area contributed by atoms with Crippen LogP contribution in [-0.4, -0.2) is 18.3 Å². The molecule has 2 N–H and O–H groups in total. The van der Waals surface area contributed by atoms with Gasteiger partial charge in [-0.3, -0.25) is 0 Å². The number of hydrogen-bond donors (Lipinski definition) is 2. The number of benzene rings is 2. The average molecular weight is 360 g/mol. The monoisotopic (exact) mass is 360 g/mol. The zero-order chi connectivity index (χ0) is 17.8. The molecule has 25 heavy (non-hydrogen) atoms. The molecule has 1 aliphatic rings. The molecule has 3 rings (SSSR count). The molecule has 132 valence electrons. The van der Waals surface area contributed by atoms with Gasteiger partial charge in [0.2, 0.25) is 0 Å². The molecule has 2 aromatic rings. The lowest BCUT2D eigenvalue weighted by Gasteiger charge is -2.26. The van der Waals surface area contributed by atoms with E-state index in [1.807, 2.05) is 18.2 Å². The van der Waals surface area contributed by atoms with E-state index in [9.17, 15) is 4.39 Å². The maximum absolute atomic E-state index is 13.8. The van der Waals surface area contributed by atoms with Crippen LogP contribution in [0.25, 0.3) is 0 Å². The standard InChI is InChI=1S/C19H21FN2O2S/c1-12(2)18(13-7-8-16-17(11-13)24-10-9-23-16)22-19(25)21-15-6-4-3-5-14(15)20/h3-8,11-12,18H,9-10H2,1-2H3,(H2,21,22,25)/t18-/m1/s1. The molecule has 2 aromatic carbocycles. The quantitative estimate of drug-likeness (QED) is 0.797. The van der Waals surface area contributed by atoms with Gasteiger partial charge in [0.05, 0.1) is 11.7 Å². The summed E-state index contributed by atoms with van der Waals surface area (Å²) in [5.74, 6) is 1.42. The first-order valence-corrected chi connectivity index (χ1v) is 8.67. The fraction of sp³-hybridized carbons (Fsp3) is 0.316. The lowest BCUT2D eigenvalue weighted by Crippen LogP contribution is -2.35. The van der Waals surface area contributed by atoms with Crippen LogP contribution in [0, 0.1) is 11.7 Å². The summed E-state index contributed by atoms with van der Waals surface area (Å²) in [5, 5.41) is 6.56. The van der Waals surface area contributed by atoms with Crippen LogP contribution in [0.3, 0.4) is 0 Å². The Hall–Kier alpha value is -2.34. The summed E-state index contributed by atoms with van der Waals surface area (Å²) >= 11 is 5.37. The van der Waals surface area contributed by atoms with Gasteiger partial charge in [-0.25, -0.2) is 4.39 Å². The first-order valence-electron chi connectivity index (χ1n) is 8.26. The van der Waals surface area contributed by atoms with Gasteiger partial charge >= 0.3 is 0 Å². The summed E-state index contributed by atoms with van der Waals surface area (Å²) in [4.78, 5) is 0. The summed E-state index contributed by atoms with van der Waals surface area (Å²) < 4.78 is 25.0. The molecular formula is C19H21FN2O2S. The first kappa shape index (κ1) is 17.5. The largest absolute Gasteiger partial charge is 0.486 e. The van der Waals surface area contributed by atoms with Crippen molar-refractivity contribution >= 4 is 23.0 Å². The van der Waals surface area contributed by atoms with Crippen molar-refractivity contribution in [2.24, 2.45) is 5.92 Å². The van der Waals surface area contributed by atoms with E-state index >= 15 is 0 Å². The highest BCUT2D eigenvalue weighted by Gasteiger charge is 2.20. The Morgan fingerprint density at radius 1 is 1.08 bits per heavy atom. The molecule has 6 heteroatoms. The zero-order valence-electron chi connectivity index (χ0n) is 14.2. The second-order valence-electron chi connectivity index (χ2n) is 6.20. The second kappa shape index (κ2) is 7.70. The number of fused-ring (bicyclic) bond motifs is 1. The SMILES string of the molecule is CC(C)[C@@H](NC(=S)Nc1ccccc1F)c1ccc2c(c1)OCCO2. The lowest BCUT2D eigenvalue weighted by atomic mass is 9.95. The van der Waals surface area contributed by atoms with Crippen LogP contribution in [0.15, 0.2) is 42.5 Å². The minimum atomic E-state index is -0.341. The molecule has 0 bridgehead atoms. The minimum absolute atomic E-state index is 0.0393. The fourth-order valence-corrected chi connectivity index (χ4v) is 2.99. The van der Waals surface area contributed by atoms with E-state index in [2.05, 4.69) is 24.5 Å². The molecule has 0 amide bonds. The zero-order valence-corrected chi connectivity index (χ0v) is 15.0.